The van der Waals surface area contributed by atoms with Crippen molar-refractivity contribution in [3.63, 3.8) is 0 Å². The van der Waals surface area contributed by atoms with E-state index in [2.05, 4.69) is 32.7 Å². The van der Waals surface area contributed by atoms with Gasteiger partial charge < -0.3 is 40.6 Å². The number of halogens is 3. The van der Waals surface area contributed by atoms with Gasteiger partial charge in [0.1, 0.15) is 24.5 Å². The number of alkyl halides is 3. The number of likely N-dealkylation sites (tertiary alicyclic amines) is 1. The fourth-order valence-electron chi connectivity index (χ4n) is 6.21. The highest BCUT2D eigenvalue weighted by Crippen LogP contribution is 2.39. The van der Waals surface area contributed by atoms with Crippen molar-refractivity contribution in [1.82, 2.24) is 10.2 Å². The number of hydrogen-bond donors (Lipinski definition) is 4. The molecule has 55 heavy (non-hydrogen) atoms. The molecule has 3 aromatic rings. The van der Waals surface area contributed by atoms with Gasteiger partial charge in [-0.1, -0.05) is 24.0 Å². The lowest BCUT2D eigenvalue weighted by Gasteiger charge is -2.33. The van der Waals surface area contributed by atoms with E-state index in [9.17, 15) is 32.3 Å². The number of nitrogens with two attached hydrogens (primary N) is 1. The second kappa shape index (κ2) is 18.5. The zero-order valence-electron chi connectivity index (χ0n) is 29.8. The number of nitriles is 1. The molecule has 14 nitrogen and oxygen atoms in total. The summed E-state index contributed by atoms with van der Waals surface area (Å²) in [7, 11) is 1.14. The van der Waals surface area contributed by atoms with E-state index in [0.717, 1.165) is 38.7 Å². The van der Waals surface area contributed by atoms with Crippen LogP contribution >= 0.6 is 11.3 Å². The summed E-state index contributed by atoms with van der Waals surface area (Å²) in [5.74, 6) is 3.80. The van der Waals surface area contributed by atoms with Crippen molar-refractivity contribution < 1.29 is 51.3 Å². The molecule has 2 fully saturated rings. The van der Waals surface area contributed by atoms with Gasteiger partial charge in [-0.3, -0.25) is 14.5 Å². The third-order valence-corrected chi connectivity index (χ3v) is 10.0. The topological polar surface area (TPSA) is 194 Å². The predicted octanol–water partition coefficient (Wildman–Crippen LogP) is 4.32. The zero-order chi connectivity index (χ0) is 39.5. The van der Waals surface area contributed by atoms with Crippen molar-refractivity contribution in [1.29, 1.82) is 5.26 Å². The van der Waals surface area contributed by atoms with Crippen LogP contribution in [0.15, 0.2) is 36.4 Å². The van der Waals surface area contributed by atoms with Crippen molar-refractivity contribution >= 4 is 56.7 Å². The van der Waals surface area contributed by atoms with Crippen LogP contribution in [0.25, 0.3) is 10.1 Å². The molecule has 292 valence electrons. The van der Waals surface area contributed by atoms with Crippen LogP contribution in [0.3, 0.4) is 0 Å². The summed E-state index contributed by atoms with van der Waals surface area (Å²) in [4.78, 5) is 50.1. The zero-order valence-corrected chi connectivity index (χ0v) is 30.6. The van der Waals surface area contributed by atoms with E-state index in [1.165, 1.54) is 29.5 Å². The molecule has 18 heteroatoms. The van der Waals surface area contributed by atoms with Crippen molar-refractivity contribution in [3.8, 4) is 23.7 Å². The summed E-state index contributed by atoms with van der Waals surface area (Å²) in [6.07, 6.45) is -5.26. The summed E-state index contributed by atoms with van der Waals surface area (Å²) in [5.41, 5.74) is 6.41. The highest BCUT2D eigenvalue weighted by molar-refractivity contribution is 7.20. The molecule has 2 atom stereocenters. The molecule has 0 saturated carbocycles. The molecule has 2 saturated heterocycles. The number of carbonyl (C=O) groups excluding carboxylic acids is 4. The maximum Gasteiger partial charge on any atom is 0.508 e. The van der Waals surface area contributed by atoms with Crippen LogP contribution in [0, 0.1) is 23.2 Å². The van der Waals surface area contributed by atoms with Gasteiger partial charge in [0.15, 0.2) is 12.7 Å². The average Bonchev–Trinajstić information content (AvgIpc) is 3.72. The Kier molecular flexibility index (Phi) is 13.6. The first kappa shape index (κ1) is 40.5. The molecule has 2 aliphatic heterocycles. The lowest BCUT2D eigenvalue weighted by molar-refractivity contribution is -0.143. The first-order valence-electron chi connectivity index (χ1n) is 17.3. The van der Waals surface area contributed by atoms with Gasteiger partial charge in [0.2, 0.25) is 5.91 Å². The average molecular weight is 785 g/mol. The number of thiophene rings is 1. The number of primary amides is 1. The summed E-state index contributed by atoms with van der Waals surface area (Å²) in [6, 6.07) is 10.3. The Morgan fingerprint density at radius 3 is 2.62 bits per heavy atom. The number of amides is 2. The fourth-order valence-corrected chi connectivity index (χ4v) is 7.38. The van der Waals surface area contributed by atoms with Gasteiger partial charge in [-0.05, 0) is 54.5 Å². The lowest BCUT2D eigenvalue weighted by atomic mass is 10.0. The van der Waals surface area contributed by atoms with Crippen LogP contribution in [-0.4, -0.2) is 99.7 Å². The Hall–Kier alpha value is -5.72. The van der Waals surface area contributed by atoms with Crippen molar-refractivity contribution in [2.45, 2.75) is 56.5 Å². The van der Waals surface area contributed by atoms with E-state index in [1.54, 1.807) is 12.1 Å². The molecule has 3 heterocycles. The number of benzene rings is 2. The Bertz CT molecular complexity index is 2000. The minimum Gasteiger partial charge on any atom is -0.477 e. The van der Waals surface area contributed by atoms with Gasteiger partial charge in [0, 0.05) is 37.7 Å². The van der Waals surface area contributed by atoms with Gasteiger partial charge >= 0.3 is 18.3 Å². The van der Waals surface area contributed by atoms with E-state index in [1.807, 2.05) is 12.1 Å². The van der Waals surface area contributed by atoms with Crippen molar-refractivity contribution in [3.05, 3.63) is 52.4 Å². The van der Waals surface area contributed by atoms with Crippen LogP contribution in [-0.2, 0) is 30.2 Å². The Balaban J connectivity index is 1.29. The molecule has 2 aromatic carbocycles. The molecule has 0 spiro atoms. The number of esters is 1. The van der Waals surface area contributed by atoms with E-state index < -0.39 is 42.6 Å². The number of rotatable bonds is 15. The maximum atomic E-state index is 13.8. The largest absolute Gasteiger partial charge is 0.508 e. The van der Waals surface area contributed by atoms with Gasteiger partial charge in [-0.25, -0.2) is 9.59 Å². The first-order chi connectivity index (χ1) is 26.3. The quantitative estimate of drug-likeness (QED) is 0.126. The van der Waals surface area contributed by atoms with Crippen LogP contribution in [0.2, 0.25) is 0 Å². The highest BCUT2D eigenvalue weighted by atomic mass is 32.1. The number of nitrogens with one attached hydrogen (secondary N) is 3. The van der Waals surface area contributed by atoms with Crippen LogP contribution in [0.1, 0.15) is 46.5 Å². The first-order valence-corrected chi connectivity index (χ1v) is 18.1. The minimum atomic E-state index is -4.47. The number of ether oxygens (including phenoxy) is 4. The number of hydrogen-bond acceptors (Lipinski definition) is 13. The molecule has 2 aliphatic rings. The monoisotopic (exact) mass is 784 g/mol. The molecule has 0 bridgehead atoms. The van der Waals surface area contributed by atoms with E-state index in [0.29, 0.717) is 22.3 Å². The van der Waals surface area contributed by atoms with Crippen molar-refractivity contribution in [2.24, 2.45) is 5.73 Å². The SMILES string of the molecule is COC(=O)C(CCC(N)=O)NC(=O)c1ccc(NCC#Cc2sc3c(NC4CCN(CC5COC(=O)O5)CC4)cccc3c2CC(F)(F)F)c(OCC#N)c1. The second-order valence-electron chi connectivity index (χ2n) is 12.8. The minimum absolute atomic E-state index is 0.0262. The smallest absolute Gasteiger partial charge is 0.477 e. The van der Waals surface area contributed by atoms with Crippen LogP contribution < -0.4 is 26.4 Å². The van der Waals surface area contributed by atoms with Crippen LogP contribution in [0.5, 0.6) is 5.75 Å². The molecular weight excluding hydrogens is 746 g/mol. The fraction of sp³-hybridized carbons (Fsp3) is 0.432. The number of methoxy groups -OCH3 is 1. The van der Waals surface area contributed by atoms with Crippen LogP contribution in [0.4, 0.5) is 29.3 Å². The molecule has 2 amide bonds. The number of piperidine rings is 1. The molecule has 5 N–H and O–H groups in total. The number of anilines is 2. The maximum absolute atomic E-state index is 13.8. The summed E-state index contributed by atoms with van der Waals surface area (Å²) in [6.45, 7) is 1.92. The summed E-state index contributed by atoms with van der Waals surface area (Å²) >= 11 is 1.18. The molecule has 2 unspecified atom stereocenters. The molecule has 5 rings (SSSR count). The standard InChI is InChI=1S/C37H39F3N6O8S/c1-51-35(49)29(9-10-32(42)47)45-34(48)22-7-8-27(30(18-22)52-17-13-41)43-14-3-6-31-26(19-37(38,39)40)25-4-2-5-28(33(25)55-31)44-23-11-15-46(16-12-23)20-24-21-53-36(50)54-24/h2,4-5,7-8,18,23-24,29,43-44H,9-12,14-17,19-21H2,1H3,(H2,42,47)(H,45,48). The normalized spacial score (nSPS) is 16.5. The van der Waals surface area contributed by atoms with Gasteiger partial charge in [-0.2, -0.15) is 18.4 Å². The van der Waals surface area contributed by atoms with Crippen molar-refractivity contribution in [2.75, 3.05) is 57.1 Å². The molecule has 0 radical (unpaired) electrons. The molecule has 0 aliphatic carbocycles. The Morgan fingerprint density at radius 2 is 1.95 bits per heavy atom. The lowest BCUT2D eigenvalue weighted by Crippen LogP contribution is -2.43. The van der Waals surface area contributed by atoms with Gasteiger partial charge in [0.25, 0.3) is 5.91 Å². The molecular formula is C37H39F3N6O8S. The Morgan fingerprint density at radius 1 is 1.16 bits per heavy atom. The summed E-state index contributed by atoms with van der Waals surface area (Å²) < 4.78 is 62.4. The molecule has 1 aromatic heterocycles. The number of nitrogens with zero attached hydrogens (tertiary/aromatic N) is 2. The number of fused-ring (bicyclic) bond motifs is 1. The number of cyclic esters (lactones) is 2. The summed E-state index contributed by atoms with van der Waals surface area (Å²) in [5, 5.41) is 18.6. The van der Waals surface area contributed by atoms with E-state index >= 15 is 0 Å². The predicted molar refractivity (Wildman–Crippen MR) is 196 cm³/mol. The Labute approximate surface area is 318 Å². The van der Waals surface area contributed by atoms with E-state index in [4.69, 9.17) is 29.9 Å². The van der Waals surface area contributed by atoms with Gasteiger partial charge in [-0.15, -0.1) is 11.3 Å². The second-order valence-corrected chi connectivity index (χ2v) is 13.8. The van der Waals surface area contributed by atoms with E-state index in [-0.39, 0.29) is 66.5 Å². The third-order valence-electron chi connectivity index (χ3n) is 8.83. The third kappa shape index (κ3) is 11.4. The highest BCUT2D eigenvalue weighted by Gasteiger charge is 2.32. The van der Waals surface area contributed by atoms with Gasteiger partial charge in [0.05, 0.1) is 41.0 Å². The number of carbonyl (C=O) groups is 4.